The van der Waals surface area contributed by atoms with E-state index in [-0.39, 0.29) is 12.0 Å². The molecule has 0 saturated carbocycles. The summed E-state index contributed by atoms with van der Waals surface area (Å²) in [5.41, 5.74) is 1.53. The second-order valence-corrected chi connectivity index (χ2v) is 9.05. The molecule has 0 aliphatic carbocycles. The first-order valence-corrected chi connectivity index (χ1v) is 10.6. The molecule has 1 aliphatic rings. The first-order chi connectivity index (χ1) is 15.0. The fourth-order valence-electron chi connectivity index (χ4n) is 3.79. The normalized spacial score (nSPS) is 15.9. The van der Waals surface area contributed by atoms with E-state index in [0.717, 1.165) is 30.5 Å². The second kappa shape index (κ2) is 8.15. The number of fused-ring (bicyclic) bond motifs is 1. The molecule has 2 aromatic carbocycles. The number of amides is 1. The molecule has 8 heteroatoms. The summed E-state index contributed by atoms with van der Waals surface area (Å²) in [5, 5.41) is 0. The Balaban J connectivity index is 1.46. The van der Waals surface area contributed by atoms with Crippen molar-refractivity contribution in [2.45, 2.75) is 51.3 Å². The Morgan fingerprint density at radius 1 is 1.03 bits per heavy atom. The number of oxazole rings is 1. The molecule has 4 rings (SSSR count). The summed E-state index contributed by atoms with van der Waals surface area (Å²) in [6.45, 7) is 6.66. The topological polar surface area (TPSA) is 55.6 Å². The van der Waals surface area contributed by atoms with Gasteiger partial charge in [-0.25, -0.2) is 9.78 Å². The van der Waals surface area contributed by atoms with Crippen LogP contribution in [0.4, 0.5) is 18.0 Å². The number of carbonyl (C=O) groups is 1. The molecule has 1 aliphatic heterocycles. The number of aromatic nitrogens is 1. The maximum absolute atomic E-state index is 12.8. The van der Waals surface area contributed by atoms with Gasteiger partial charge in [-0.3, -0.25) is 0 Å². The van der Waals surface area contributed by atoms with Crippen LogP contribution in [0.25, 0.3) is 22.2 Å². The van der Waals surface area contributed by atoms with E-state index in [0.29, 0.717) is 35.6 Å². The number of hydrogen-bond acceptors (Lipinski definition) is 4. The van der Waals surface area contributed by atoms with Crippen molar-refractivity contribution < 1.29 is 27.1 Å². The van der Waals surface area contributed by atoms with Gasteiger partial charge in [0.25, 0.3) is 0 Å². The van der Waals surface area contributed by atoms with Crippen LogP contribution in [0.15, 0.2) is 46.9 Å². The van der Waals surface area contributed by atoms with Gasteiger partial charge in [-0.1, -0.05) is 18.2 Å². The van der Waals surface area contributed by atoms with Crippen molar-refractivity contribution in [2.75, 3.05) is 13.1 Å². The van der Waals surface area contributed by atoms with Gasteiger partial charge >= 0.3 is 12.3 Å². The third kappa shape index (κ3) is 4.89. The van der Waals surface area contributed by atoms with Crippen molar-refractivity contribution >= 4 is 17.2 Å². The van der Waals surface area contributed by atoms with Crippen molar-refractivity contribution in [3.63, 3.8) is 0 Å². The van der Waals surface area contributed by atoms with Gasteiger partial charge in [0.05, 0.1) is 5.56 Å². The standard InChI is InChI=1S/C24H25F3N2O3/c1-23(2,3)32-22(30)29-12-10-16(11-13-29)21-28-19-14-17(6-9-20(19)31-21)15-4-7-18(8-5-15)24(25,26)27/h4-9,14,16H,10-13H2,1-3H3. The molecular weight excluding hydrogens is 421 g/mol. The lowest BCUT2D eigenvalue weighted by molar-refractivity contribution is -0.137. The Kier molecular flexibility index (Phi) is 5.65. The number of carbonyl (C=O) groups excluding carboxylic acids is 1. The van der Waals surface area contributed by atoms with Gasteiger partial charge in [-0.15, -0.1) is 0 Å². The zero-order valence-corrected chi connectivity index (χ0v) is 18.2. The highest BCUT2D eigenvalue weighted by molar-refractivity contribution is 5.80. The number of nitrogens with zero attached hydrogens (tertiary/aromatic N) is 2. The lowest BCUT2D eigenvalue weighted by atomic mass is 9.97. The molecule has 0 N–H and O–H groups in total. The molecule has 0 spiro atoms. The summed E-state index contributed by atoms with van der Waals surface area (Å²) in [7, 11) is 0. The van der Waals surface area contributed by atoms with Gasteiger partial charge in [-0.05, 0) is 69.0 Å². The van der Waals surface area contributed by atoms with Crippen LogP contribution in [0.3, 0.4) is 0 Å². The number of rotatable bonds is 2. The van der Waals surface area contributed by atoms with Crippen LogP contribution in [0.5, 0.6) is 0 Å². The molecule has 5 nitrogen and oxygen atoms in total. The average molecular weight is 446 g/mol. The minimum absolute atomic E-state index is 0.0932. The lowest BCUT2D eigenvalue weighted by Gasteiger charge is -2.32. The van der Waals surface area contributed by atoms with Crippen molar-refractivity contribution in [1.29, 1.82) is 0 Å². The highest BCUT2D eigenvalue weighted by Crippen LogP contribution is 2.34. The monoisotopic (exact) mass is 446 g/mol. The first kappa shape index (κ1) is 22.2. The first-order valence-electron chi connectivity index (χ1n) is 10.6. The van der Waals surface area contributed by atoms with E-state index in [1.165, 1.54) is 12.1 Å². The molecule has 0 radical (unpaired) electrons. The van der Waals surface area contributed by atoms with E-state index >= 15 is 0 Å². The zero-order valence-electron chi connectivity index (χ0n) is 18.2. The SMILES string of the molecule is CC(C)(C)OC(=O)N1CCC(c2nc3cc(-c4ccc(C(F)(F)F)cc4)ccc3o2)CC1. The summed E-state index contributed by atoms with van der Waals surface area (Å²) in [4.78, 5) is 18.6. The highest BCUT2D eigenvalue weighted by Gasteiger charge is 2.31. The van der Waals surface area contributed by atoms with Crippen LogP contribution in [-0.2, 0) is 10.9 Å². The summed E-state index contributed by atoms with van der Waals surface area (Å²) >= 11 is 0. The Morgan fingerprint density at radius 2 is 1.66 bits per heavy atom. The maximum Gasteiger partial charge on any atom is 0.416 e. The van der Waals surface area contributed by atoms with Gasteiger partial charge in [0.2, 0.25) is 0 Å². The molecule has 1 amide bonds. The number of alkyl halides is 3. The van der Waals surface area contributed by atoms with Gasteiger partial charge in [-0.2, -0.15) is 13.2 Å². The van der Waals surface area contributed by atoms with Crippen molar-refractivity contribution in [3.05, 3.63) is 53.9 Å². The van der Waals surface area contributed by atoms with Crippen molar-refractivity contribution in [2.24, 2.45) is 0 Å². The minimum Gasteiger partial charge on any atom is -0.444 e. The third-order valence-corrected chi connectivity index (χ3v) is 5.45. The molecule has 0 bridgehead atoms. The van der Waals surface area contributed by atoms with E-state index in [4.69, 9.17) is 9.15 Å². The summed E-state index contributed by atoms with van der Waals surface area (Å²) in [6, 6.07) is 10.5. The maximum atomic E-state index is 12.8. The Labute approximate surface area is 184 Å². The second-order valence-electron chi connectivity index (χ2n) is 9.05. The van der Waals surface area contributed by atoms with Gasteiger partial charge in [0.1, 0.15) is 11.1 Å². The number of benzene rings is 2. The molecule has 2 heterocycles. The Hall–Kier alpha value is -3.03. The number of piperidine rings is 1. The predicted octanol–water partition coefficient (Wildman–Crippen LogP) is 6.63. The van der Waals surface area contributed by atoms with Crippen LogP contribution in [0.1, 0.15) is 51.0 Å². The smallest absolute Gasteiger partial charge is 0.416 e. The predicted molar refractivity (Wildman–Crippen MR) is 114 cm³/mol. The van der Waals surface area contributed by atoms with Crippen LogP contribution < -0.4 is 0 Å². The molecule has 0 unspecified atom stereocenters. The van der Waals surface area contributed by atoms with Crippen LogP contribution >= 0.6 is 0 Å². The molecule has 3 aromatic rings. The highest BCUT2D eigenvalue weighted by atomic mass is 19.4. The molecule has 1 aromatic heterocycles. The number of hydrogen-bond donors (Lipinski definition) is 0. The zero-order chi connectivity index (χ0) is 23.1. The fraction of sp³-hybridized carbons (Fsp3) is 0.417. The van der Waals surface area contributed by atoms with Crippen LogP contribution in [-0.4, -0.2) is 34.7 Å². The number of likely N-dealkylation sites (tertiary alicyclic amines) is 1. The molecular formula is C24H25F3N2O3. The quantitative estimate of drug-likeness (QED) is 0.443. The van der Waals surface area contributed by atoms with Gasteiger partial charge in [0, 0.05) is 19.0 Å². The molecule has 170 valence electrons. The number of ether oxygens (including phenoxy) is 1. The summed E-state index contributed by atoms with van der Waals surface area (Å²) in [5.74, 6) is 0.712. The largest absolute Gasteiger partial charge is 0.444 e. The molecule has 1 saturated heterocycles. The van der Waals surface area contributed by atoms with E-state index in [9.17, 15) is 18.0 Å². The van der Waals surface area contributed by atoms with E-state index in [1.54, 1.807) is 11.0 Å². The number of halogens is 3. The van der Waals surface area contributed by atoms with E-state index in [2.05, 4.69) is 4.98 Å². The minimum atomic E-state index is -4.36. The lowest BCUT2D eigenvalue weighted by Crippen LogP contribution is -2.41. The summed E-state index contributed by atoms with van der Waals surface area (Å²) in [6.07, 6.45) is -3.23. The fourth-order valence-corrected chi connectivity index (χ4v) is 3.79. The van der Waals surface area contributed by atoms with Gasteiger partial charge < -0.3 is 14.1 Å². The molecule has 0 atom stereocenters. The van der Waals surface area contributed by atoms with E-state index < -0.39 is 17.3 Å². The third-order valence-electron chi connectivity index (χ3n) is 5.45. The molecule has 1 fully saturated rings. The summed E-state index contributed by atoms with van der Waals surface area (Å²) < 4.78 is 49.8. The van der Waals surface area contributed by atoms with E-state index in [1.807, 2.05) is 32.9 Å². The van der Waals surface area contributed by atoms with Crippen molar-refractivity contribution in [3.8, 4) is 11.1 Å². The van der Waals surface area contributed by atoms with Crippen LogP contribution in [0, 0.1) is 0 Å². The van der Waals surface area contributed by atoms with Crippen molar-refractivity contribution in [1.82, 2.24) is 9.88 Å². The molecule has 32 heavy (non-hydrogen) atoms. The van der Waals surface area contributed by atoms with Crippen LogP contribution in [0.2, 0.25) is 0 Å². The Morgan fingerprint density at radius 3 is 2.25 bits per heavy atom. The average Bonchev–Trinajstić information content (AvgIpc) is 3.15. The Bertz CT molecular complexity index is 1110. The van der Waals surface area contributed by atoms with Gasteiger partial charge in [0.15, 0.2) is 11.5 Å².